The van der Waals surface area contributed by atoms with E-state index in [9.17, 15) is 0 Å². The second-order valence-corrected chi connectivity index (χ2v) is 15.7. The minimum absolute atomic E-state index is 0.419. The van der Waals surface area contributed by atoms with E-state index in [1.807, 2.05) is 23.1 Å². The molecule has 1 aliphatic heterocycles. The van der Waals surface area contributed by atoms with Crippen LogP contribution in [-0.4, -0.2) is 4.57 Å². The lowest BCUT2D eigenvalue weighted by Gasteiger charge is -2.40. The van der Waals surface area contributed by atoms with Gasteiger partial charge < -0.3 is 4.57 Å². The van der Waals surface area contributed by atoms with E-state index in [1.165, 1.54) is 102 Å². The third-order valence-corrected chi connectivity index (χ3v) is 13.6. The quantitative estimate of drug-likeness (QED) is 0.168. The van der Waals surface area contributed by atoms with Gasteiger partial charge in [0.25, 0.3) is 0 Å². The molecule has 2 aliphatic rings. The van der Waals surface area contributed by atoms with E-state index < -0.39 is 5.41 Å². The molecule has 1 nitrogen and oxygen atoms in total. The molecule has 0 bridgehead atoms. The van der Waals surface area contributed by atoms with Crippen molar-refractivity contribution in [3.8, 4) is 16.8 Å². The summed E-state index contributed by atoms with van der Waals surface area (Å²) in [6, 6.07) is 61.6. The lowest BCUT2D eigenvalue weighted by Crippen LogP contribution is -2.32. The largest absolute Gasteiger partial charge is 0.308 e. The van der Waals surface area contributed by atoms with Crippen molar-refractivity contribution in [3.05, 3.63) is 186 Å². The van der Waals surface area contributed by atoms with Gasteiger partial charge in [-0.25, -0.2) is 0 Å². The van der Waals surface area contributed by atoms with Crippen LogP contribution in [-0.2, 0) is 5.41 Å². The molecule has 3 heteroatoms. The fourth-order valence-electron chi connectivity index (χ4n) is 9.30. The zero-order chi connectivity index (χ0) is 32.6. The SMILES string of the molecule is c1ccc2c(c1)Sc1c(ccc3c4c5ccccc5ccc4n(-c4ccc5c(c4)sc4ccccc45)c13)C21c2ccccc2-c2ccccc21. The summed E-state index contributed by atoms with van der Waals surface area (Å²) in [4.78, 5) is 2.66. The van der Waals surface area contributed by atoms with Crippen LogP contribution in [0.5, 0.6) is 0 Å². The Morgan fingerprint density at radius 3 is 1.96 bits per heavy atom. The number of thiophene rings is 1. The number of aromatic nitrogens is 1. The first-order chi connectivity index (χ1) is 24.8. The lowest BCUT2D eigenvalue weighted by atomic mass is 9.67. The molecule has 12 rings (SSSR count). The summed E-state index contributed by atoms with van der Waals surface area (Å²) >= 11 is 3.83. The molecule has 3 heterocycles. The van der Waals surface area contributed by atoms with Gasteiger partial charge in [0, 0.05) is 46.4 Å². The van der Waals surface area contributed by atoms with Gasteiger partial charge in [0.2, 0.25) is 0 Å². The average molecular weight is 670 g/mol. The molecule has 0 unspecified atom stereocenters. The van der Waals surface area contributed by atoms with Gasteiger partial charge in [-0.3, -0.25) is 0 Å². The number of fused-ring (bicyclic) bond motifs is 18. The van der Waals surface area contributed by atoms with Crippen molar-refractivity contribution in [2.24, 2.45) is 0 Å². The predicted molar refractivity (Wildman–Crippen MR) is 213 cm³/mol. The molecule has 2 aromatic heterocycles. The lowest BCUT2D eigenvalue weighted by molar-refractivity contribution is 0.724. The molecule has 50 heavy (non-hydrogen) atoms. The van der Waals surface area contributed by atoms with Gasteiger partial charge >= 0.3 is 0 Å². The molecule has 1 spiro atoms. The van der Waals surface area contributed by atoms with E-state index in [4.69, 9.17) is 0 Å². The van der Waals surface area contributed by atoms with Crippen LogP contribution in [0.1, 0.15) is 22.3 Å². The Kier molecular flexibility index (Phi) is 5.32. The Bertz CT molecular complexity index is 3040. The highest BCUT2D eigenvalue weighted by atomic mass is 32.2. The number of hydrogen-bond acceptors (Lipinski definition) is 2. The molecule has 0 N–H and O–H groups in total. The summed E-state index contributed by atoms with van der Waals surface area (Å²) in [6.07, 6.45) is 0. The Hall–Kier alpha value is -5.61. The maximum atomic E-state index is 2.57. The van der Waals surface area contributed by atoms with E-state index in [0.717, 1.165) is 0 Å². The number of benzene rings is 8. The van der Waals surface area contributed by atoms with Gasteiger partial charge in [-0.1, -0.05) is 145 Å². The fourth-order valence-corrected chi connectivity index (χ4v) is 11.8. The van der Waals surface area contributed by atoms with E-state index in [0.29, 0.717) is 0 Å². The van der Waals surface area contributed by atoms with E-state index in [-0.39, 0.29) is 0 Å². The monoisotopic (exact) mass is 669 g/mol. The van der Waals surface area contributed by atoms with Gasteiger partial charge in [-0.05, 0) is 74.5 Å². The van der Waals surface area contributed by atoms with Crippen LogP contribution in [0.15, 0.2) is 174 Å². The topological polar surface area (TPSA) is 4.93 Å². The maximum absolute atomic E-state index is 2.57. The zero-order valence-corrected chi connectivity index (χ0v) is 28.5. The van der Waals surface area contributed by atoms with Crippen molar-refractivity contribution in [2.75, 3.05) is 0 Å². The number of nitrogens with zero attached hydrogens (tertiary/aromatic N) is 1. The Balaban J connectivity index is 1.27. The fraction of sp³-hybridized carbons (Fsp3) is 0.0213. The summed E-state index contributed by atoms with van der Waals surface area (Å²) in [7, 11) is 0. The first kappa shape index (κ1) is 27.2. The van der Waals surface area contributed by atoms with Crippen molar-refractivity contribution < 1.29 is 0 Å². The zero-order valence-electron chi connectivity index (χ0n) is 26.9. The van der Waals surface area contributed by atoms with Gasteiger partial charge in [0.1, 0.15) is 0 Å². The summed E-state index contributed by atoms with van der Waals surface area (Å²) in [5.41, 5.74) is 11.4. The van der Waals surface area contributed by atoms with Crippen molar-refractivity contribution in [1.82, 2.24) is 4.57 Å². The normalized spacial score (nSPS) is 14.1. The highest BCUT2D eigenvalue weighted by Crippen LogP contribution is 2.63. The minimum Gasteiger partial charge on any atom is -0.308 e. The summed E-state index contributed by atoms with van der Waals surface area (Å²) < 4.78 is 5.22. The highest BCUT2D eigenvalue weighted by molar-refractivity contribution is 7.99. The summed E-state index contributed by atoms with van der Waals surface area (Å²) in [5.74, 6) is 0. The summed E-state index contributed by atoms with van der Waals surface area (Å²) in [6.45, 7) is 0. The Morgan fingerprint density at radius 2 is 1.12 bits per heavy atom. The van der Waals surface area contributed by atoms with E-state index in [2.05, 4.69) is 168 Å². The van der Waals surface area contributed by atoms with Gasteiger partial charge in [-0.2, -0.15) is 0 Å². The maximum Gasteiger partial charge on any atom is 0.0736 e. The van der Waals surface area contributed by atoms with Crippen LogP contribution in [0.25, 0.3) is 69.6 Å². The van der Waals surface area contributed by atoms with E-state index in [1.54, 1.807) is 0 Å². The third-order valence-electron chi connectivity index (χ3n) is 11.3. The van der Waals surface area contributed by atoms with Crippen LogP contribution in [0, 0.1) is 0 Å². The smallest absolute Gasteiger partial charge is 0.0736 e. The highest BCUT2D eigenvalue weighted by Gasteiger charge is 2.50. The molecule has 0 atom stereocenters. The Morgan fingerprint density at radius 1 is 0.460 bits per heavy atom. The van der Waals surface area contributed by atoms with Crippen LogP contribution < -0.4 is 0 Å². The van der Waals surface area contributed by atoms with Crippen molar-refractivity contribution in [2.45, 2.75) is 15.2 Å². The van der Waals surface area contributed by atoms with Gasteiger partial charge in [0.15, 0.2) is 0 Å². The van der Waals surface area contributed by atoms with Crippen molar-refractivity contribution in [3.63, 3.8) is 0 Å². The standard InChI is InChI=1S/C47H27NS2/c1-2-12-30-28(11-1)21-26-40-44(30)35-24-25-39-46(45(35)48(40)29-22-23-34-33-15-5-9-19-41(33)49-43(34)27-29)50-42-20-10-8-18-38(42)47(39)36-16-6-3-13-31(36)32-14-4-7-17-37(32)47/h1-27H. The van der Waals surface area contributed by atoms with Gasteiger partial charge in [-0.15, -0.1) is 11.3 Å². The van der Waals surface area contributed by atoms with Crippen LogP contribution in [0.3, 0.4) is 0 Å². The molecule has 0 saturated carbocycles. The molecule has 8 aromatic carbocycles. The minimum atomic E-state index is -0.419. The third kappa shape index (κ3) is 3.30. The first-order valence-electron chi connectivity index (χ1n) is 17.2. The molecule has 0 radical (unpaired) electrons. The second kappa shape index (κ2) is 9.76. The first-order valence-corrected chi connectivity index (χ1v) is 18.8. The van der Waals surface area contributed by atoms with Crippen LogP contribution >= 0.6 is 23.1 Å². The van der Waals surface area contributed by atoms with Crippen LogP contribution in [0.4, 0.5) is 0 Å². The molecule has 232 valence electrons. The second-order valence-electron chi connectivity index (χ2n) is 13.6. The van der Waals surface area contributed by atoms with E-state index >= 15 is 0 Å². The molecule has 0 amide bonds. The average Bonchev–Trinajstić information content (AvgIpc) is 3.82. The van der Waals surface area contributed by atoms with Crippen molar-refractivity contribution >= 4 is 75.8 Å². The molecular weight excluding hydrogens is 643 g/mol. The van der Waals surface area contributed by atoms with Crippen LogP contribution in [0.2, 0.25) is 0 Å². The molecular formula is C47H27NS2. The molecule has 1 aliphatic carbocycles. The Labute approximate surface area is 297 Å². The summed E-state index contributed by atoms with van der Waals surface area (Å²) in [5, 5.41) is 7.84. The molecule has 0 fully saturated rings. The number of rotatable bonds is 1. The predicted octanol–water partition coefficient (Wildman–Crippen LogP) is 13.1. The number of hydrogen-bond donors (Lipinski definition) is 0. The van der Waals surface area contributed by atoms with Gasteiger partial charge in [0.05, 0.1) is 16.4 Å². The van der Waals surface area contributed by atoms with Crippen molar-refractivity contribution in [1.29, 1.82) is 0 Å². The molecule has 0 saturated heterocycles. The molecule has 10 aromatic rings.